The average molecular weight is 342 g/mol. The molecule has 5 nitrogen and oxygen atoms in total. The van der Waals surface area contributed by atoms with Gasteiger partial charge in [0.25, 0.3) is 0 Å². The van der Waals surface area contributed by atoms with Crippen molar-refractivity contribution in [1.82, 2.24) is 10.6 Å². The van der Waals surface area contributed by atoms with Crippen LogP contribution < -0.4 is 16.0 Å². The first-order valence-electron chi connectivity index (χ1n) is 7.66. The van der Waals surface area contributed by atoms with E-state index in [-0.39, 0.29) is 36.7 Å². The summed E-state index contributed by atoms with van der Waals surface area (Å²) in [5.74, 6) is -1.37. The summed E-state index contributed by atoms with van der Waals surface area (Å²) in [4.78, 5) is 24.3. The Balaban J connectivity index is 0.00000192. The van der Waals surface area contributed by atoms with E-state index < -0.39 is 11.7 Å². The van der Waals surface area contributed by atoms with Crippen molar-refractivity contribution in [3.8, 4) is 0 Å². The van der Waals surface area contributed by atoms with Crippen molar-refractivity contribution < 1.29 is 14.0 Å². The van der Waals surface area contributed by atoms with Crippen LogP contribution in [0.5, 0.6) is 0 Å². The molecule has 0 spiro atoms. The molecule has 1 saturated heterocycles. The zero-order valence-corrected chi connectivity index (χ0v) is 13.7. The van der Waals surface area contributed by atoms with Crippen LogP contribution >= 0.6 is 12.4 Å². The van der Waals surface area contributed by atoms with E-state index in [4.69, 9.17) is 0 Å². The number of anilines is 1. The number of halogens is 2. The molecular formula is C16H21ClFN3O2. The minimum atomic E-state index is -0.547. The van der Waals surface area contributed by atoms with Crippen molar-refractivity contribution in [3.63, 3.8) is 0 Å². The molecule has 1 fully saturated rings. The van der Waals surface area contributed by atoms with Gasteiger partial charge in [0.15, 0.2) is 0 Å². The van der Waals surface area contributed by atoms with Crippen LogP contribution in [0.3, 0.4) is 0 Å². The van der Waals surface area contributed by atoms with E-state index in [1.165, 1.54) is 12.1 Å². The molecule has 23 heavy (non-hydrogen) atoms. The smallest absolute Gasteiger partial charge is 0.228 e. The number of hydrogen-bond acceptors (Lipinski definition) is 3. The number of rotatable bonds is 2. The van der Waals surface area contributed by atoms with Gasteiger partial charge < -0.3 is 16.0 Å². The summed E-state index contributed by atoms with van der Waals surface area (Å²) in [6.07, 6.45) is 1.86. The van der Waals surface area contributed by atoms with Gasteiger partial charge in [0.1, 0.15) is 5.82 Å². The largest absolute Gasteiger partial charge is 0.353 e. The topological polar surface area (TPSA) is 70.2 Å². The Morgan fingerprint density at radius 2 is 2.17 bits per heavy atom. The van der Waals surface area contributed by atoms with Crippen LogP contribution in [-0.2, 0) is 9.59 Å². The second kappa shape index (κ2) is 7.27. The molecule has 0 aliphatic carbocycles. The second-order valence-corrected chi connectivity index (χ2v) is 6.12. The molecule has 3 N–H and O–H groups in total. The standard InChI is InChI=1S/C16H20FN3O2.ClH/c1-9-6-11(4-5-18-9)19-16(22)13-8-15(21)20-14-7-10(17)2-3-12(13)14;/h2-3,7,9,11,13,18H,4-6,8H2,1H3,(H,19,22)(H,20,21);1H. The minimum absolute atomic E-state index is 0. The van der Waals surface area contributed by atoms with Crippen LogP contribution in [0.15, 0.2) is 18.2 Å². The summed E-state index contributed by atoms with van der Waals surface area (Å²) >= 11 is 0. The van der Waals surface area contributed by atoms with E-state index in [0.29, 0.717) is 17.3 Å². The number of hydrogen-bond donors (Lipinski definition) is 3. The third-order valence-corrected chi connectivity index (χ3v) is 4.34. The Bertz CT molecular complexity index is 611. The SMILES string of the molecule is CC1CC(NC(=O)C2CC(=O)Nc3cc(F)ccc32)CCN1.Cl. The van der Waals surface area contributed by atoms with Crippen LogP contribution in [0.1, 0.15) is 37.7 Å². The molecule has 0 bridgehead atoms. The van der Waals surface area contributed by atoms with Crippen molar-refractivity contribution in [2.45, 2.75) is 44.2 Å². The molecule has 7 heteroatoms. The van der Waals surface area contributed by atoms with E-state index in [1.54, 1.807) is 6.07 Å². The van der Waals surface area contributed by atoms with Crippen LogP contribution in [-0.4, -0.2) is 30.4 Å². The maximum atomic E-state index is 13.3. The van der Waals surface area contributed by atoms with E-state index in [1.807, 2.05) is 0 Å². The summed E-state index contributed by atoms with van der Waals surface area (Å²) < 4.78 is 13.3. The number of benzene rings is 1. The molecule has 2 heterocycles. The third kappa shape index (κ3) is 4.00. The van der Waals surface area contributed by atoms with Crippen LogP contribution in [0, 0.1) is 5.82 Å². The van der Waals surface area contributed by atoms with Gasteiger partial charge in [-0.05, 0) is 44.0 Å². The van der Waals surface area contributed by atoms with E-state index in [2.05, 4.69) is 22.9 Å². The van der Waals surface area contributed by atoms with Crippen molar-refractivity contribution in [3.05, 3.63) is 29.6 Å². The lowest BCUT2D eigenvalue weighted by Gasteiger charge is -2.31. The number of fused-ring (bicyclic) bond motifs is 1. The quantitative estimate of drug-likeness (QED) is 0.770. The van der Waals surface area contributed by atoms with Gasteiger partial charge in [-0.3, -0.25) is 9.59 Å². The number of nitrogens with one attached hydrogen (secondary N) is 3. The first kappa shape index (κ1) is 17.7. The van der Waals surface area contributed by atoms with Crippen LogP contribution in [0.4, 0.5) is 10.1 Å². The third-order valence-electron chi connectivity index (χ3n) is 4.34. The summed E-state index contributed by atoms with van der Waals surface area (Å²) in [5, 5.41) is 9.01. The van der Waals surface area contributed by atoms with Crippen molar-refractivity contribution in [2.24, 2.45) is 0 Å². The molecule has 0 saturated carbocycles. The number of amides is 2. The molecule has 126 valence electrons. The van der Waals surface area contributed by atoms with Gasteiger partial charge in [-0.1, -0.05) is 6.07 Å². The van der Waals surface area contributed by atoms with Gasteiger partial charge in [0.05, 0.1) is 5.92 Å². The van der Waals surface area contributed by atoms with Crippen molar-refractivity contribution >= 4 is 29.9 Å². The van der Waals surface area contributed by atoms with Gasteiger partial charge in [0.2, 0.25) is 11.8 Å². The monoisotopic (exact) mass is 341 g/mol. The Hall–Kier alpha value is -1.66. The highest BCUT2D eigenvalue weighted by atomic mass is 35.5. The second-order valence-electron chi connectivity index (χ2n) is 6.12. The molecular weight excluding hydrogens is 321 g/mol. The first-order valence-corrected chi connectivity index (χ1v) is 7.66. The van der Waals surface area contributed by atoms with Crippen LogP contribution in [0.2, 0.25) is 0 Å². The highest BCUT2D eigenvalue weighted by Gasteiger charge is 2.32. The fourth-order valence-electron chi connectivity index (χ4n) is 3.24. The summed E-state index contributed by atoms with van der Waals surface area (Å²) in [6, 6.07) is 4.66. The molecule has 3 unspecified atom stereocenters. The molecule has 2 aliphatic heterocycles. The zero-order valence-electron chi connectivity index (χ0n) is 12.9. The molecule has 1 aromatic rings. The normalized spacial score (nSPS) is 26.5. The molecule has 2 amide bonds. The molecule has 1 aromatic carbocycles. The highest BCUT2D eigenvalue weighted by molar-refractivity contribution is 6.01. The van der Waals surface area contributed by atoms with Gasteiger partial charge in [-0.25, -0.2) is 4.39 Å². The Morgan fingerprint density at radius 3 is 2.91 bits per heavy atom. The van der Waals surface area contributed by atoms with Gasteiger partial charge in [-0.15, -0.1) is 12.4 Å². The molecule has 3 atom stereocenters. The summed E-state index contributed by atoms with van der Waals surface area (Å²) in [7, 11) is 0. The van der Waals surface area contributed by atoms with Crippen molar-refractivity contribution in [1.29, 1.82) is 0 Å². The lowest BCUT2D eigenvalue weighted by atomic mass is 9.89. The molecule has 0 radical (unpaired) electrons. The van der Waals surface area contributed by atoms with Gasteiger partial charge in [-0.2, -0.15) is 0 Å². The summed E-state index contributed by atoms with van der Waals surface area (Å²) in [6.45, 7) is 2.96. The zero-order chi connectivity index (χ0) is 15.7. The van der Waals surface area contributed by atoms with E-state index >= 15 is 0 Å². The van der Waals surface area contributed by atoms with E-state index in [9.17, 15) is 14.0 Å². The lowest BCUT2D eigenvalue weighted by molar-refractivity contribution is -0.127. The van der Waals surface area contributed by atoms with Gasteiger partial charge >= 0.3 is 0 Å². The predicted octanol–water partition coefficient (Wildman–Crippen LogP) is 1.93. The lowest BCUT2D eigenvalue weighted by Crippen LogP contribution is -2.48. The predicted molar refractivity (Wildman–Crippen MR) is 88.3 cm³/mol. The fourth-order valence-corrected chi connectivity index (χ4v) is 3.24. The molecule has 0 aromatic heterocycles. The first-order chi connectivity index (χ1) is 10.5. The molecule has 3 rings (SSSR count). The van der Waals surface area contributed by atoms with Crippen molar-refractivity contribution in [2.75, 3.05) is 11.9 Å². The Morgan fingerprint density at radius 1 is 1.39 bits per heavy atom. The number of carbonyl (C=O) groups is 2. The van der Waals surface area contributed by atoms with Crippen LogP contribution in [0.25, 0.3) is 0 Å². The number of piperidine rings is 1. The maximum Gasteiger partial charge on any atom is 0.228 e. The number of carbonyl (C=O) groups excluding carboxylic acids is 2. The summed E-state index contributed by atoms with van der Waals surface area (Å²) in [5.41, 5.74) is 1.08. The molecule has 2 aliphatic rings. The fraction of sp³-hybridized carbons (Fsp3) is 0.500. The Labute approximate surface area is 140 Å². The Kier molecular flexibility index (Phi) is 5.59. The highest BCUT2D eigenvalue weighted by Crippen LogP contribution is 2.33. The minimum Gasteiger partial charge on any atom is -0.353 e. The van der Waals surface area contributed by atoms with E-state index in [0.717, 1.165) is 19.4 Å². The maximum absolute atomic E-state index is 13.3. The average Bonchev–Trinajstić information content (AvgIpc) is 2.45. The van der Waals surface area contributed by atoms with Gasteiger partial charge in [0, 0.05) is 24.2 Å².